The molecular weight excluding hydrogens is 322 g/mol. The summed E-state index contributed by atoms with van der Waals surface area (Å²) in [7, 11) is -3.39. The maximum atomic E-state index is 12.2. The van der Waals surface area contributed by atoms with Crippen molar-refractivity contribution in [3.8, 4) is 11.3 Å². The van der Waals surface area contributed by atoms with E-state index in [0.717, 1.165) is 22.4 Å². The quantitative estimate of drug-likeness (QED) is 0.749. The number of hydrogen-bond donors (Lipinski definition) is 1. The van der Waals surface area contributed by atoms with Crippen LogP contribution in [0.2, 0.25) is 0 Å². The zero-order valence-electron chi connectivity index (χ0n) is 13.0. The minimum absolute atomic E-state index is 0.0316. The summed E-state index contributed by atoms with van der Waals surface area (Å²) in [5.74, 6) is -0.0316. The molecule has 0 saturated carbocycles. The van der Waals surface area contributed by atoms with E-state index >= 15 is 0 Å². The predicted molar refractivity (Wildman–Crippen MR) is 93.4 cm³/mol. The van der Waals surface area contributed by atoms with Gasteiger partial charge in [-0.2, -0.15) is 0 Å². The molecule has 0 bridgehead atoms. The molecule has 2 aromatic heterocycles. The Kier molecular flexibility index (Phi) is 4.98. The molecule has 3 aromatic rings. The third-order valence-corrected chi connectivity index (χ3v) is 4.79. The van der Waals surface area contributed by atoms with E-state index in [2.05, 4.69) is 14.7 Å². The standard InChI is InChI=1S/C18H17N3O2S/c22-24(23,14-15-4-2-1-3-5-15)21-13-16-6-11-20-18(12-16)17-7-9-19-10-8-17/h1-12,21H,13-14H2. The fourth-order valence-electron chi connectivity index (χ4n) is 2.30. The van der Waals surface area contributed by atoms with E-state index in [9.17, 15) is 8.42 Å². The van der Waals surface area contributed by atoms with Crippen LogP contribution in [-0.2, 0) is 22.3 Å². The molecule has 0 aliphatic heterocycles. The van der Waals surface area contributed by atoms with Gasteiger partial charge in [-0.15, -0.1) is 0 Å². The lowest BCUT2D eigenvalue weighted by Crippen LogP contribution is -2.24. The van der Waals surface area contributed by atoms with Crippen molar-refractivity contribution in [1.29, 1.82) is 0 Å². The van der Waals surface area contributed by atoms with Crippen LogP contribution < -0.4 is 4.72 Å². The molecule has 0 unspecified atom stereocenters. The van der Waals surface area contributed by atoms with Crippen LogP contribution in [0.15, 0.2) is 73.2 Å². The van der Waals surface area contributed by atoms with Gasteiger partial charge in [0.25, 0.3) is 0 Å². The van der Waals surface area contributed by atoms with Gasteiger partial charge in [-0.3, -0.25) is 9.97 Å². The third-order valence-electron chi connectivity index (χ3n) is 3.50. The van der Waals surface area contributed by atoms with Crippen molar-refractivity contribution in [3.63, 3.8) is 0 Å². The molecule has 2 heterocycles. The summed E-state index contributed by atoms with van der Waals surface area (Å²) in [6.07, 6.45) is 5.08. The third kappa shape index (κ3) is 4.47. The number of hydrogen-bond acceptors (Lipinski definition) is 4. The lowest BCUT2D eigenvalue weighted by Gasteiger charge is -2.08. The first-order valence-corrected chi connectivity index (χ1v) is 9.14. The van der Waals surface area contributed by atoms with Crippen molar-refractivity contribution in [2.75, 3.05) is 0 Å². The maximum absolute atomic E-state index is 12.2. The molecular formula is C18H17N3O2S. The van der Waals surface area contributed by atoms with Gasteiger partial charge in [0.15, 0.2) is 0 Å². The van der Waals surface area contributed by atoms with Gasteiger partial charge < -0.3 is 0 Å². The van der Waals surface area contributed by atoms with Crippen LogP contribution in [0.5, 0.6) is 0 Å². The molecule has 5 nitrogen and oxygen atoms in total. The van der Waals surface area contributed by atoms with Crippen LogP contribution in [0.3, 0.4) is 0 Å². The van der Waals surface area contributed by atoms with Crippen LogP contribution in [0, 0.1) is 0 Å². The second kappa shape index (κ2) is 7.33. The summed E-state index contributed by atoms with van der Waals surface area (Å²) in [6.45, 7) is 0.232. The Hall–Kier alpha value is -2.57. The first-order chi connectivity index (χ1) is 11.6. The van der Waals surface area contributed by atoms with E-state index in [1.54, 1.807) is 36.8 Å². The number of aromatic nitrogens is 2. The molecule has 6 heteroatoms. The van der Waals surface area contributed by atoms with E-state index in [0.29, 0.717) is 0 Å². The Bertz CT molecular complexity index is 898. The van der Waals surface area contributed by atoms with Crippen molar-refractivity contribution < 1.29 is 8.42 Å². The Morgan fingerprint density at radius 1 is 0.875 bits per heavy atom. The van der Waals surface area contributed by atoms with Crippen molar-refractivity contribution in [2.45, 2.75) is 12.3 Å². The van der Waals surface area contributed by atoms with Crippen molar-refractivity contribution >= 4 is 10.0 Å². The molecule has 3 rings (SSSR count). The number of sulfonamides is 1. The van der Waals surface area contributed by atoms with Crippen molar-refractivity contribution in [3.05, 3.63) is 84.3 Å². The minimum atomic E-state index is -3.39. The van der Waals surface area contributed by atoms with Crippen LogP contribution in [0.25, 0.3) is 11.3 Å². The van der Waals surface area contributed by atoms with Crippen LogP contribution in [0.4, 0.5) is 0 Å². The molecule has 0 aliphatic rings. The van der Waals surface area contributed by atoms with E-state index in [1.165, 1.54) is 0 Å². The summed E-state index contributed by atoms with van der Waals surface area (Å²) >= 11 is 0. The summed E-state index contributed by atoms with van der Waals surface area (Å²) in [6, 6.07) is 16.5. The second-order valence-corrected chi connectivity index (χ2v) is 7.16. The summed E-state index contributed by atoms with van der Waals surface area (Å²) in [5, 5.41) is 0. The molecule has 0 amide bonds. The Balaban J connectivity index is 1.68. The molecule has 1 N–H and O–H groups in total. The van der Waals surface area contributed by atoms with E-state index in [4.69, 9.17) is 0 Å². The second-order valence-electron chi connectivity index (χ2n) is 5.35. The first kappa shape index (κ1) is 16.3. The van der Waals surface area contributed by atoms with E-state index < -0.39 is 10.0 Å². The van der Waals surface area contributed by atoms with Gasteiger partial charge in [-0.25, -0.2) is 13.1 Å². The van der Waals surface area contributed by atoms with Gasteiger partial charge in [0.2, 0.25) is 10.0 Å². The highest BCUT2D eigenvalue weighted by Crippen LogP contribution is 2.16. The SMILES string of the molecule is O=S(=O)(Cc1ccccc1)NCc1ccnc(-c2ccncc2)c1. The lowest BCUT2D eigenvalue weighted by atomic mass is 10.1. The van der Waals surface area contributed by atoms with Gasteiger partial charge in [0.05, 0.1) is 11.4 Å². The minimum Gasteiger partial charge on any atom is -0.265 e. The highest BCUT2D eigenvalue weighted by atomic mass is 32.2. The van der Waals surface area contributed by atoms with Crippen molar-refractivity contribution in [1.82, 2.24) is 14.7 Å². The van der Waals surface area contributed by atoms with E-state index in [1.807, 2.05) is 36.4 Å². The topological polar surface area (TPSA) is 72.0 Å². The molecule has 0 aliphatic carbocycles. The van der Waals surface area contributed by atoms with Gasteiger partial charge in [0.1, 0.15) is 0 Å². The average Bonchev–Trinajstić information content (AvgIpc) is 2.62. The van der Waals surface area contributed by atoms with E-state index in [-0.39, 0.29) is 12.3 Å². The lowest BCUT2D eigenvalue weighted by molar-refractivity contribution is 0.580. The molecule has 1 aromatic carbocycles. The molecule has 0 atom stereocenters. The Morgan fingerprint density at radius 3 is 2.38 bits per heavy atom. The predicted octanol–water partition coefficient (Wildman–Crippen LogP) is 2.76. The van der Waals surface area contributed by atoms with Gasteiger partial charge in [0, 0.05) is 30.7 Å². The summed E-state index contributed by atoms with van der Waals surface area (Å²) in [4.78, 5) is 8.30. The van der Waals surface area contributed by atoms with Crippen LogP contribution in [-0.4, -0.2) is 18.4 Å². The molecule has 0 saturated heterocycles. The normalized spacial score (nSPS) is 11.3. The largest absolute Gasteiger partial charge is 0.265 e. The monoisotopic (exact) mass is 339 g/mol. The Morgan fingerprint density at radius 2 is 1.62 bits per heavy atom. The number of pyridine rings is 2. The van der Waals surface area contributed by atoms with Gasteiger partial charge >= 0.3 is 0 Å². The summed E-state index contributed by atoms with van der Waals surface area (Å²) < 4.78 is 27.0. The fraction of sp³-hybridized carbons (Fsp3) is 0.111. The molecule has 122 valence electrons. The number of nitrogens with one attached hydrogen (secondary N) is 1. The molecule has 24 heavy (non-hydrogen) atoms. The number of rotatable bonds is 6. The van der Waals surface area contributed by atoms with Crippen LogP contribution in [0.1, 0.15) is 11.1 Å². The molecule has 0 fully saturated rings. The summed E-state index contributed by atoms with van der Waals surface area (Å²) in [5.41, 5.74) is 3.35. The fourth-order valence-corrected chi connectivity index (χ4v) is 3.42. The smallest absolute Gasteiger partial charge is 0.216 e. The van der Waals surface area contributed by atoms with Crippen LogP contribution >= 0.6 is 0 Å². The molecule has 0 radical (unpaired) electrons. The highest BCUT2D eigenvalue weighted by Gasteiger charge is 2.11. The Labute approximate surface area is 141 Å². The van der Waals surface area contributed by atoms with Gasteiger partial charge in [-0.05, 0) is 35.4 Å². The zero-order chi connectivity index (χ0) is 16.8. The first-order valence-electron chi connectivity index (χ1n) is 7.49. The average molecular weight is 339 g/mol. The van der Waals surface area contributed by atoms with Gasteiger partial charge in [-0.1, -0.05) is 30.3 Å². The maximum Gasteiger partial charge on any atom is 0.216 e. The number of nitrogens with zero attached hydrogens (tertiary/aromatic N) is 2. The zero-order valence-corrected chi connectivity index (χ0v) is 13.8. The van der Waals surface area contributed by atoms with Crippen molar-refractivity contribution in [2.24, 2.45) is 0 Å². The highest BCUT2D eigenvalue weighted by molar-refractivity contribution is 7.88. The molecule has 0 spiro atoms. The number of benzene rings is 1.